The van der Waals surface area contributed by atoms with E-state index in [1.165, 1.54) is 52.7 Å². The Balaban J connectivity index is 0.00000192. The van der Waals surface area contributed by atoms with Crippen molar-refractivity contribution in [2.45, 2.75) is 59.8 Å². The van der Waals surface area contributed by atoms with Gasteiger partial charge in [-0.25, -0.2) is 6.07 Å². The zero-order valence-corrected chi connectivity index (χ0v) is 19.8. The number of unbranched alkanes of at least 4 members (excludes halogenated alkanes) is 1. The number of benzene rings is 1. The molecule has 0 aliphatic heterocycles. The molecule has 0 bridgehead atoms. The fourth-order valence-electron chi connectivity index (χ4n) is 4.04. The number of hydrogen-bond acceptors (Lipinski definition) is 0. The van der Waals surface area contributed by atoms with Crippen molar-refractivity contribution in [2.75, 3.05) is 0 Å². The average molecular weight is 454 g/mol. The van der Waals surface area contributed by atoms with Crippen LogP contribution in [-0.4, -0.2) is 0 Å². The van der Waals surface area contributed by atoms with Gasteiger partial charge in [-0.15, -0.1) is 0 Å². The van der Waals surface area contributed by atoms with Crippen molar-refractivity contribution in [3.05, 3.63) is 68.8 Å². The van der Waals surface area contributed by atoms with E-state index in [2.05, 4.69) is 65.0 Å². The Morgan fingerprint density at radius 3 is 2.32 bits per heavy atom. The van der Waals surface area contributed by atoms with Gasteiger partial charge in [-0.1, -0.05) is 62.5 Å². The number of allylic oxidation sites excluding steroid dienone is 1. The number of hydrogen-bond donors (Lipinski definition) is 0. The van der Waals surface area contributed by atoms with E-state index in [-0.39, 0.29) is 51.0 Å². The van der Waals surface area contributed by atoms with Gasteiger partial charge >= 0.3 is 26.2 Å². The Bertz CT molecular complexity index is 741. The zero-order valence-electron chi connectivity index (χ0n) is 15.8. The van der Waals surface area contributed by atoms with Gasteiger partial charge in [0.05, 0.1) is 0 Å². The molecule has 1 unspecified atom stereocenters. The molecule has 0 spiro atoms. The summed E-state index contributed by atoms with van der Waals surface area (Å²) in [5.74, 6) is 0.468. The molecule has 0 nitrogen and oxygen atoms in total. The Kier molecular flexibility index (Phi) is 10.1. The molecule has 0 N–H and O–H groups in total. The minimum Gasteiger partial charge on any atom is -1.00 e. The van der Waals surface area contributed by atoms with Gasteiger partial charge in [0.25, 0.3) is 0 Å². The van der Waals surface area contributed by atoms with Crippen LogP contribution < -0.4 is 24.8 Å². The van der Waals surface area contributed by atoms with Gasteiger partial charge in [-0.3, -0.25) is 0 Å². The van der Waals surface area contributed by atoms with E-state index in [0.717, 1.165) is 0 Å². The summed E-state index contributed by atoms with van der Waals surface area (Å²) in [6, 6.07) is 9.37. The van der Waals surface area contributed by atoms with Gasteiger partial charge in [-0.05, 0) is 37.5 Å². The molecule has 1 atom stereocenters. The molecule has 0 amide bonds. The molecule has 2 aromatic rings. The van der Waals surface area contributed by atoms with Gasteiger partial charge in [-0.2, -0.15) is 22.8 Å². The van der Waals surface area contributed by atoms with Crippen molar-refractivity contribution in [2.24, 2.45) is 0 Å². The number of aryl methyl sites for hydroxylation is 4. The second kappa shape index (κ2) is 10.2. The first-order valence-corrected chi connectivity index (χ1v) is 8.57. The maximum absolute atomic E-state index is 2.41. The van der Waals surface area contributed by atoms with E-state index < -0.39 is 0 Å². The van der Waals surface area contributed by atoms with Gasteiger partial charge in [0.15, 0.2) is 0 Å². The fourth-order valence-corrected chi connectivity index (χ4v) is 4.04. The average Bonchev–Trinajstić information content (AvgIpc) is 2.97. The third-order valence-corrected chi connectivity index (χ3v) is 5.10. The normalized spacial score (nSPS) is 14.8. The van der Waals surface area contributed by atoms with E-state index in [4.69, 9.17) is 0 Å². The van der Waals surface area contributed by atoms with Crippen molar-refractivity contribution in [1.82, 2.24) is 0 Å². The molecule has 0 fully saturated rings. The number of fused-ring (bicyclic) bond motifs is 1. The summed E-state index contributed by atoms with van der Waals surface area (Å²) in [4.78, 5) is 0. The van der Waals surface area contributed by atoms with Crippen LogP contribution in [-0.2, 0) is 32.6 Å². The monoisotopic (exact) mass is 451 g/mol. The molecule has 25 heavy (non-hydrogen) atoms. The summed E-state index contributed by atoms with van der Waals surface area (Å²) in [5, 5.41) is 0. The van der Waals surface area contributed by atoms with Crippen LogP contribution in [0.25, 0.3) is 6.08 Å². The van der Waals surface area contributed by atoms with E-state index in [1.54, 1.807) is 11.1 Å². The quantitative estimate of drug-likeness (QED) is 0.582. The third-order valence-electron chi connectivity index (χ3n) is 5.10. The summed E-state index contributed by atoms with van der Waals surface area (Å²) < 4.78 is 0. The molecule has 3 rings (SSSR count). The summed E-state index contributed by atoms with van der Waals surface area (Å²) in [7, 11) is 0. The van der Waals surface area contributed by atoms with Crippen LogP contribution in [0.4, 0.5) is 0 Å². The minimum atomic E-state index is 0. The first-order valence-electron chi connectivity index (χ1n) is 8.57. The maximum atomic E-state index is 2.41. The second-order valence-electron chi connectivity index (χ2n) is 6.96. The summed E-state index contributed by atoms with van der Waals surface area (Å²) >= 11 is 0. The molecule has 133 valence electrons. The van der Waals surface area contributed by atoms with Crippen LogP contribution in [0.3, 0.4) is 0 Å². The van der Waals surface area contributed by atoms with Crippen LogP contribution in [0.2, 0.25) is 0 Å². The fraction of sp³-hybridized carbons (Fsp3) is 0.409. The van der Waals surface area contributed by atoms with Crippen molar-refractivity contribution in [1.29, 1.82) is 0 Å². The van der Waals surface area contributed by atoms with Crippen molar-refractivity contribution in [3.63, 3.8) is 0 Å². The minimum absolute atomic E-state index is 0. The van der Waals surface area contributed by atoms with Gasteiger partial charge in [0.1, 0.15) is 0 Å². The summed E-state index contributed by atoms with van der Waals surface area (Å²) in [5.41, 5.74) is 11.8. The molecule has 1 aliphatic rings. The van der Waals surface area contributed by atoms with Crippen molar-refractivity contribution in [3.8, 4) is 0 Å². The smallest absolute Gasteiger partial charge is 1.00 e. The Hall–Kier alpha value is -0.227. The molecule has 0 heterocycles. The molecule has 0 aromatic heterocycles. The summed E-state index contributed by atoms with van der Waals surface area (Å²) in [6.45, 7) is 11.3. The SMILES string of the molecule is CCCC[c-]1ccc(C)c1C1C(C)=Cc2c(C)cc(C)cc21.[Cl-].[Cl-].[Zr+3]. The van der Waals surface area contributed by atoms with Crippen LogP contribution in [0.5, 0.6) is 0 Å². The standard InChI is InChI=1S/C22H27.2ClH.Zr/c1-6-7-8-18-10-9-15(3)21(18)22-17(5)13-19-16(4)11-14(2)12-20(19)22;;;/h9-13,22H,6-8H2,1-5H3;2*1H;/q-1;;;+3/p-2. The van der Waals surface area contributed by atoms with Crippen LogP contribution in [0.15, 0.2) is 29.8 Å². The van der Waals surface area contributed by atoms with Gasteiger partial charge in [0.2, 0.25) is 0 Å². The second-order valence-corrected chi connectivity index (χ2v) is 6.96. The predicted octanol–water partition coefficient (Wildman–Crippen LogP) is 0.228. The topological polar surface area (TPSA) is 0 Å². The van der Waals surface area contributed by atoms with E-state index >= 15 is 0 Å². The van der Waals surface area contributed by atoms with Crippen LogP contribution in [0.1, 0.15) is 71.6 Å². The zero-order chi connectivity index (χ0) is 15.9. The van der Waals surface area contributed by atoms with Gasteiger partial charge < -0.3 is 24.8 Å². The molecule has 0 saturated heterocycles. The van der Waals surface area contributed by atoms with Crippen LogP contribution >= 0.6 is 0 Å². The Morgan fingerprint density at radius 2 is 1.68 bits per heavy atom. The molecule has 1 radical (unpaired) electrons. The van der Waals surface area contributed by atoms with E-state index in [0.29, 0.717) is 5.92 Å². The largest absolute Gasteiger partial charge is 3.00 e. The van der Waals surface area contributed by atoms with Gasteiger partial charge in [0, 0.05) is 5.92 Å². The predicted molar refractivity (Wildman–Crippen MR) is 96.8 cm³/mol. The third kappa shape index (κ3) is 4.74. The molecular formula is C22H27Cl2Zr. The first kappa shape index (κ1) is 24.8. The molecular weight excluding hydrogens is 426 g/mol. The maximum Gasteiger partial charge on any atom is 3.00 e. The number of halogens is 2. The summed E-state index contributed by atoms with van der Waals surface area (Å²) in [6.07, 6.45) is 6.16. The molecule has 3 heteroatoms. The van der Waals surface area contributed by atoms with E-state index in [9.17, 15) is 0 Å². The first-order chi connectivity index (χ1) is 10.5. The Morgan fingerprint density at radius 1 is 1.00 bits per heavy atom. The molecule has 1 aliphatic carbocycles. The van der Waals surface area contributed by atoms with E-state index in [1.807, 2.05) is 0 Å². The molecule has 0 saturated carbocycles. The van der Waals surface area contributed by atoms with Crippen molar-refractivity contribution >= 4 is 6.08 Å². The molecule has 2 aromatic carbocycles. The number of rotatable bonds is 4. The van der Waals surface area contributed by atoms with Crippen molar-refractivity contribution < 1.29 is 51.0 Å². The van der Waals surface area contributed by atoms with Crippen LogP contribution in [0, 0.1) is 20.8 Å². The Labute approximate surface area is 184 Å².